The van der Waals surface area contributed by atoms with Crippen molar-refractivity contribution in [1.29, 1.82) is 0 Å². The quantitative estimate of drug-likeness (QED) is 0.531. The predicted molar refractivity (Wildman–Crippen MR) is 85.6 cm³/mol. The fourth-order valence-corrected chi connectivity index (χ4v) is 4.12. The number of methoxy groups -OCH3 is 1. The third kappa shape index (κ3) is 3.38. The van der Waals surface area contributed by atoms with Crippen molar-refractivity contribution in [2.75, 3.05) is 7.11 Å². The monoisotopic (exact) mass is 450 g/mol. The molecule has 100 valence electrons. The Kier molecular flexibility index (Phi) is 5.03. The van der Waals surface area contributed by atoms with Crippen LogP contribution in [0.15, 0.2) is 45.3 Å². The summed E-state index contributed by atoms with van der Waals surface area (Å²) < 4.78 is 20.6. The predicted octanol–water partition coefficient (Wildman–Crippen LogP) is 5.84. The van der Waals surface area contributed by atoms with Crippen LogP contribution in [0.4, 0.5) is 4.39 Å². The first-order chi connectivity index (χ1) is 9.02. The fraction of sp³-hybridized carbons (Fsp3) is 0.143. The Morgan fingerprint density at radius 1 is 1.05 bits per heavy atom. The first-order valence-electron chi connectivity index (χ1n) is 5.45. The van der Waals surface area contributed by atoms with Crippen LogP contribution in [0.3, 0.4) is 0 Å². The van der Waals surface area contributed by atoms with Gasteiger partial charge in [0.25, 0.3) is 0 Å². The molecule has 2 aromatic carbocycles. The molecule has 0 amide bonds. The Bertz CT molecular complexity index is 601. The standard InChI is InChI=1S/C14H10Br3FO/c1-19-13-5-3-9(18)7-11(13)14(17)10-4-2-8(15)6-12(10)16/h2-7,14H,1H3. The van der Waals surface area contributed by atoms with E-state index in [2.05, 4.69) is 47.8 Å². The van der Waals surface area contributed by atoms with Crippen LogP contribution in [0, 0.1) is 5.82 Å². The summed E-state index contributed by atoms with van der Waals surface area (Å²) in [6.07, 6.45) is 0. The van der Waals surface area contributed by atoms with E-state index in [9.17, 15) is 4.39 Å². The minimum atomic E-state index is -0.284. The lowest BCUT2D eigenvalue weighted by Gasteiger charge is -2.16. The van der Waals surface area contributed by atoms with Gasteiger partial charge < -0.3 is 4.74 Å². The molecule has 0 saturated carbocycles. The van der Waals surface area contributed by atoms with E-state index in [-0.39, 0.29) is 10.6 Å². The van der Waals surface area contributed by atoms with Crippen LogP contribution in [0.25, 0.3) is 0 Å². The highest BCUT2D eigenvalue weighted by Gasteiger charge is 2.18. The van der Waals surface area contributed by atoms with Crippen molar-refractivity contribution in [3.8, 4) is 5.75 Å². The van der Waals surface area contributed by atoms with Gasteiger partial charge in [-0.05, 0) is 35.9 Å². The van der Waals surface area contributed by atoms with E-state index in [1.165, 1.54) is 12.1 Å². The van der Waals surface area contributed by atoms with Gasteiger partial charge in [-0.1, -0.05) is 53.9 Å². The maximum atomic E-state index is 13.4. The molecule has 0 heterocycles. The molecule has 1 nitrogen and oxygen atoms in total. The van der Waals surface area contributed by atoms with E-state index < -0.39 is 0 Å². The molecule has 0 radical (unpaired) electrons. The van der Waals surface area contributed by atoms with Gasteiger partial charge in [0.05, 0.1) is 11.9 Å². The van der Waals surface area contributed by atoms with Crippen molar-refractivity contribution >= 4 is 47.8 Å². The molecular formula is C14H10Br3FO. The van der Waals surface area contributed by atoms with Crippen LogP contribution in [-0.4, -0.2) is 7.11 Å². The second-order valence-electron chi connectivity index (χ2n) is 3.91. The Hall–Kier alpha value is -0.390. The van der Waals surface area contributed by atoms with Gasteiger partial charge in [-0.2, -0.15) is 0 Å². The third-order valence-corrected chi connectivity index (χ3v) is 4.87. The van der Waals surface area contributed by atoms with Gasteiger partial charge in [0, 0.05) is 14.5 Å². The van der Waals surface area contributed by atoms with Crippen LogP contribution < -0.4 is 4.74 Å². The van der Waals surface area contributed by atoms with Crippen molar-refractivity contribution in [3.05, 3.63) is 62.3 Å². The lowest BCUT2D eigenvalue weighted by Crippen LogP contribution is -1.99. The highest BCUT2D eigenvalue weighted by atomic mass is 79.9. The highest BCUT2D eigenvalue weighted by Crippen LogP contribution is 2.40. The van der Waals surface area contributed by atoms with Crippen molar-refractivity contribution in [3.63, 3.8) is 0 Å². The van der Waals surface area contributed by atoms with E-state index in [4.69, 9.17) is 4.74 Å². The summed E-state index contributed by atoms with van der Waals surface area (Å²) in [4.78, 5) is -0.152. The fourth-order valence-electron chi connectivity index (χ4n) is 1.78. The third-order valence-electron chi connectivity index (χ3n) is 2.70. The number of ether oxygens (including phenoxy) is 1. The summed E-state index contributed by atoms with van der Waals surface area (Å²) in [5, 5.41) is 0. The van der Waals surface area contributed by atoms with E-state index in [1.807, 2.05) is 18.2 Å². The van der Waals surface area contributed by atoms with E-state index in [1.54, 1.807) is 13.2 Å². The number of hydrogen-bond donors (Lipinski definition) is 0. The molecular weight excluding hydrogens is 443 g/mol. The van der Waals surface area contributed by atoms with Gasteiger partial charge in [-0.15, -0.1) is 0 Å². The van der Waals surface area contributed by atoms with Gasteiger partial charge in [0.1, 0.15) is 11.6 Å². The van der Waals surface area contributed by atoms with Gasteiger partial charge in [-0.25, -0.2) is 4.39 Å². The first kappa shape index (κ1) is 15.0. The molecule has 5 heteroatoms. The molecule has 2 aromatic rings. The molecule has 19 heavy (non-hydrogen) atoms. The zero-order chi connectivity index (χ0) is 14.0. The molecule has 0 bridgehead atoms. The zero-order valence-corrected chi connectivity index (χ0v) is 14.7. The van der Waals surface area contributed by atoms with Crippen LogP contribution in [0.2, 0.25) is 0 Å². The first-order valence-corrected chi connectivity index (χ1v) is 7.95. The Labute approximate surface area is 136 Å². The molecule has 0 aliphatic heterocycles. The largest absolute Gasteiger partial charge is 0.496 e. The van der Waals surface area contributed by atoms with Crippen molar-refractivity contribution in [2.24, 2.45) is 0 Å². The average Bonchev–Trinajstić information content (AvgIpc) is 2.38. The smallest absolute Gasteiger partial charge is 0.123 e. The zero-order valence-electron chi connectivity index (χ0n) is 9.96. The molecule has 1 unspecified atom stereocenters. The van der Waals surface area contributed by atoms with Gasteiger partial charge in [-0.3, -0.25) is 0 Å². The summed E-state index contributed by atoms with van der Waals surface area (Å²) in [5.74, 6) is 0.367. The summed E-state index contributed by atoms with van der Waals surface area (Å²) in [6, 6.07) is 10.4. The Balaban J connectivity index is 2.49. The van der Waals surface area contributed by atoms with Crippen LogP contribution in [0.5, 0.6) is 5.75 Å². The number of alkyl halides is 1. The molecule has 0 aromatic heterocycles. The number of rotatable bonds is 3. The van der Waals surface area contributed by atoms with Gasteiger partial charge in [0.15, 0.2) is 0 Å². The second-order valence-corrected chi connectivity index (χ2v) is 6.60. The molecule has 0 saturated heterocycles. The number of benzene rings is 2. The molecule has 0 spiro atoms. The van der Waals surface area contributed by atoms with Crippen LogP contribution >= 0.6 is 47.8 Å². The summed E-state index contributed by atoms with van der Waals surface area (Å²) >= 11 is 10.5. The average molecular weight is 453 g/mol. The molecule has 0 fully saturated rings. The molecule has 0 aliphatic rings. The minimum absolute atomic E-state index is 0.152. The molecule has 0 N–H and O–H groups in total. The van der Waals surface area contributed by atoms with E-state index in [0.717, 1.165) is 20.1 Å². The molecule has 2 rings (SSSR count). The van der Waals surface area contributed by atoms with Gasteiger partial charge >= 0.3 is 0 Å². The summed E-state index contributed by atoms with van der Waals surface area (Å²) in [5.41, 5.74) is 1.76. The van der Waals surface area contributed by atoms with Crippen LogP contribution in [0.1, 0.15) is 16.0 Å². The second kappa shape index (κ2) is 6.37. The maximum absolute atomic E-state index is 13.4. The lowest BCUT2D eigenvalue weighted by molar-refractivity contribution is 0.409. The topological polar surface area (TPSA) is 9.23 Å². The van der Waals surface area contributed by atoms with E-state index in [0.29, 0.717) is 5.75 Å². The maximum Gasteiger partial charge on any atom is 0.123 e. The van der Waals surface area contributed by atoms with Crippen LogP contribution in [-0.2, 0) is 0 Å². The van der Waals surface area contributed by atoms with Crippen molar-refractivity contribution < 1.29 is 9.13 Å². The Morgan fingerprint density at radius 2 is 1.79 bits per heavy atom. The Morgan fingerprint density at radius 3 is 2.42 bits per heavy atom. The summed E-state index contributed by atoms with van der Waals surface area (Å²) in [6.45, 7) is 0. The van der Waals surface area contributed by atoms with Gasteiger partial charge in [0.2, 0.25) is 0 Å². The molecule has 0 aliphatic carbocycles. The van der Waals surface area contributed by atoms with Crippen molar-refractivity contribution in [2.45, 2.75) is 4.83 Å². The SMILES string of the molecule is COc1ccc(F)cc1C(Br)c1ccc(Br)cc1Br. The summed E-state index contributed by atoms with van der Waals surface area (Å²) in [7, 11) is 1.58. The normalized spacial score (nSPS) is 12.3. The number of hydrogen-bond acceptors (Lipinski definition) is 1. The highest BCUT2D eigenvalue weighted by molar-refractivity contribution is 9.11. The van der Waals surface area contributed by atoms with Crippen molar-refractivity contribution in [1.82, 2.24) is 0 Å². The molecule has 1 atom stereocenters. The number of halogens is 4. The van der Waals surface area contributed by atoms with E-state index >= 15 is 0 Å². The minimum Gasteiger partial charge on any atom is -0.496 e. The lowest BCUT2D eigenvalue weighted by atomic mass is 10.0.